The minimum absolute atomic E-state index is 0.0761. The standard InChI is InChI=1S/C16H19N3O4/c1-16(2)9-23-6-5-19(16)15(22)10-3-4-11-12(7-10)18-13(20)8-17-14(11)21/h3-4,7H,5-6,8-9H2,1-2H3,(H,17,21)(H,18,20). The Bertz CT molecular complexity index is 684. The molecular weight excluding hydrogens is 298 g/mol. The predicted molar refractivity (Wildman–Crippen MR) is 83.3 cm³/mol. The molecule has 0 radical (unpaired) electrons. The summed E-state index contributed by atoms with van der Waals surface area (Å²) in [6.07, 6.45) is 0. The second kappa shape index (κ2) is 5.66. The van der Waals surface area contributed by atoms with Crippen LogP contribution in [0.5, 0.6) is 0 Å². The molecule has 0 atom stereocenters. The Morgan fingerprint density at radius 2 is 2.09 bits per heavy atom. The molecule has 0 bridgehead atoms. The van der Waals surface area contributed by atoms with Gasteiger partial charge in [0, 0.05) is 12.1 Å². The minimum atomic E-state index is -0.400. The van der Waals surface area contributed by atoms with Crippen molar-refractivity contribution in [1.82, 2.24) is 10.2 Å². The molecule has 2 aliphatic heterocycles. The molecular formula is C16H19N3O4. The summed E-state index contributed by atoms with van der Waals surface area (Å²) >= 11 is 0. The maximum Gasteiger partial charge on any atom is 0.254 e. The summed E-state index contributed by atoms with van der Waals surface area (Å²) in [5.74, 6) is -0.780. The van der Waals surface area contributed by atoms with Gasteiger partial charge in [0.15, 0.2) is 0 Å². The van der Waals surface area contributed by atoms with Gasteiger partial charge in [0.05, 0.1) is 36.5 Å². The molecule has 0 aromatic heterocycles. The molecule has 1 aromatic rings. The number of carbonyl (C=O) groups is 3. The highest BCUT2D eigenvalue weighted by molar-refractivity contribution is 6.10. The Morgan fingerprint density at radius 3 is 2.83 bits per heavy atom. The van der Waals surface area contributed by atoms with Crippen molar-refractivity contribution in [3.05, 3.63) is 29.3 Å². The number of rotatable bonds is 1. The van der Waals surface area contributed by atoms with Gasteiger partial charge in [-0.05, 0) is 32.0 Å². The summed E-state index contributed by atoms with van der Waals surface area (Å²) < 4.78 is 5.43. The van der Waals surface area contributed by atoms with Crippen LogP contribution in [-0.2, 0) is 9.53 Å². The van der Waals surface area contributed by atoms with Crippen LogP contribution in [0.25, 0.3) is 0 Å². The predicted octanol–water partition coefficient (Wildman–Crippen LogP) is 0.619. The van der Waals surface area contributed by atoms with E-state index in [1.807, 2.05) is 13.8 Å². The van der Waals surface area contributed by atoms with Gasteiger partial charge in [-0.3, -0.25) is 14.4 Å². The first-order chi connectivity index (χ1) is 10.9. The number of carbonyl (C=O) groups excluding carboxylic acids is 3. The van der Waals surface area contributed by atoms with Gasteiger partial charge in [0.1, 0.15) is 0 Å². The number of nitrogens with one attached hydrogen (secondary N) is 2. The van der Waals surface area contributed by atoms with Gasteiger partial charge in [-0.25, -0.2) is 0 Å². The summed E-state index contributed by atoms with van der Waals surface area (Å²) in [5, 5.41) is 5.17. The number of morpholine rings is 1. The zero-order chi connectivity index (χ0) is 16.6. The highest BCUT2D eigenvalue weighted by Gasteiger charge is 2.35. The van der Waals surface area contributed by atoms with Gasteiger partial charge in [0.25, 0.3) is 11.8 Å². The highest BCUT2D eigenvalue weighted by atomic mass is 16.5. The molecule has 122 valence electrons. The highest BCUT2D eigenvalue weighted by Crippen LogP contribution is 2.25. The maximum atomic E-state index is 12.8. The quantitative estimate of drug-likeness (QED) is 0.795. The average Bonchev–Trinajstić information content (AvgIpc) is 2.65. The smallest absolute Gasteiger partial charge is 0.254 e. The summed E-state index contributed by atoms with van der Waals surface area (Å²) in [6.45, 7) is 5.30. The fourth-order valence-corrected chi connectivity index (χ4v) is 2.82. The van der Waals surface area contributed by atoms with E-state index >= 15 is 0 Å². The molecule has 1 saturated heterocycles. The number of ether oxygens (including phenoxy) is 1. The largest absolute Gasteiger partial charge is 0.377 e. The van der Waals surface area contributed by atoms with E-state index in [2.05, 4.69) is 10.6 Å². The molecule has 7 heteroatoms. The van der Waals surface area contributed by atoms with Crippen LogP contribution in [-0.4, -0.2) is 54.5 Å². The first-order valence-corrected chi connectivity index (χ1v) is 7.50. The molecule has 1 aromatic carbocycles. The Morgan fingerprint density at radius 1 is 1.30 bits per heavy atom. The molecule has 0 saturated carbocycles. The fraction of sp³-hybridized carbons (Fsp3) is 0.438. The molecule has 2 N–H and O–H groups in total. The monoisotopic (exact) mass is 317 g/mol. The third-order valence-electron chi connectivity index (χ3n) is 4.09. The number of hydrogen-bond donors (Lipinski definition) is 2. The second-order valence-electron chi connectivity index (χ2n) is 6.31. The van der Waals surface area contributed by atoms with E-state index < -0.39 is 5.54 Å². The van der Waals surface area contributed by atoms with Crippen molar-refractivity contribution in [2.24, 2.45) is 0 Å². The van der Waals surface area contributed by atoms with E-state index in [1.165, 1.54) is 0 Å². The molecule has 3 amide bonds. The van der Waals surface area contributed by atoms with E-state index in [-0.39, 0.29) is 24.3 Å². The Balaban J connectivity index is 1.93. The molecule has 7 nitrogen and oxygen atoms in total. The molecule has 3 rings (SSSR count). The first-order valence-electron chi connectivity index (χ1n) is 7.50. The minimum Gasteiger partial charge on any atom is -0.377 e. The normalized spacial score (nSPS) is 20.2. The lowest BCUT2D eigenvalue weighted by molar-refractivity contribution is -0.115. The molecule has 23 heavy (non-hydrogen) atoms. The van der Waals surface area contributed by atoms with Crippen molar-refractivity contribution in [3.8, 4) is 0 Å². The Labute approximate surface area is 134 Å². The van der Waals surface area contributed by atoms with Crippen molar-refractivity contribution in [2.75, 3.05) is 31.6 Å². The van der Waals surface area contributed by atoms with Crippen LogP contribution in [0.4, 0.5) is 5.69 Å². The van der Waals surface area contributed by atoms with Crippen LogP contribution in [0.15, 0.2) is 18.2 Å². The third kappa shape index (κ3) is 2.92. The van der Waals surface area contributed by atoms with Crippen molar-refractivity contribution < 1.29 is 19.1 Å². The Kier molecular flexibility index (Phi) is 3.81. The molecule has 0 aliphatic carbocycles. The van der Waals surface area contributed by atoms with E-state index in [9.17, 15) is 14.4 Å². The second-order valence-corrected chi connectivity index (χ2v) is 6.31. The number of nitrogens with zero attached hydrogens (tertiary/aromatic N) is 1. The summed E-state index contributed by atoms with van der Waals surface area (Å²) in [6, 6.07) is 4.74. The van der Waals surface area contributed by atoms with Crippen LogP contribution in [0.1, 0.15) is 34.6 Å². The lowest BCUT2D eigenvalue weighted by atomic mass is 10.00. The third-order valence-corrected chi connectivity index (χ3v) is 4.09. The van der Waals surface area contributed by atoms with Crippen LogP contribution in [0.3, 0.4) is 0 Å². The fourth-order valence-electron chi connectivity index (χ4n) is 2.82. The van der Waals surface area contributed by atoms with Crippen molar-refractivity contribution in [3.63, 3.8) is 0 Å². The van der Waals surface area contributed by atoms with Crippen LogP contribution >= 0.6 is 0 Å². The van der Waals surface area contributed by atoms with E-state index in [4.69, 9.17) is 4.74 Å². The number of amides is 3. The van der Waals surface area contributed by atoms with Gasteiger partial charge < -0.3 is 20.3 Å². The van der Waals surface area contributed by atoms with E-state index in [0.29, 0.717) is 36.6 Å². The Hall–Kier alpha value is -2.41. The van der Waals surface area contributed by atoms with E-state index in [1.54, 1.807) is 23.1 Å². The van der Waals surface area contributed by atoms with Crippen molar-refractivity contribution in [2.45, 2.75) is 19.4 Å². The van der Waals surface area contributed by atoms with Gasteiger partial charge in [-0.2, -0.15) is 0 Å². The molecule has 0 spiro atoms. The van der Waals surface area contributed by atoms with E-state index in [0.717, 1.165) is 0 Å². The maximum absolute atomic E-state index is 12.8. The average molecular weight is 317 g/mol. The molecule has 1 fully saturated rings. The topological polar surface area (TPSA) is 87.7 Å². The lowest BCUT2D eigenvalue weighted by Gasteiger charge is -2.42. The number of hydrogen-bond acceptors (Lipinski definition) is 4. The molecule has 2 aliphatic rings. The van der Waals surface area contributed by atoms with Gasteiger partial charge in [-0.15, -0.1) is 0 Å². The van der Waals surface area contributed by atoms with Crippen molar-refractivity contribution in [1.29, 1.82) is 0 Å². The summed E-state index contributed by atoms with van der Waals surface area (Å²) in [4.78, 5) is 38.1. The van der Waals surface area contributed by atoms with Crippen LogP contribution in [0, 0.1) is 0 Å². The number of fused-ring (bicyclic) bond motifs is 1. The van der Waals surface area contributed by atoms with Gasteiger partial charge >= 0.3 is 0 Å². The zero-order valence-corrected chi connectivity index (χ0v) is 13.1. The molecule has 2 heterocycles. The summed E-state index contributed by atoms with van der Waals surface area (Å²) in [5.41, 5.74) is 0.757. The van der Waals surface area contributed by atoms with Gasteiger partial charge in [-0.1, -0.05) is 0 Å². The van der Waals surface area contributed by atoms with Gasteiger partial charge in [0.2, 0.25) is 5.91 Å². The lowest BCUT2D eigenvalue weighted by Crippen LogP contribution is -2.55. The first kappa shape index (κ1) is 15.5. The van der Waals surface area contributed by atoms with Crippen LogP contribution in [0.2, 0.25) is 0 Å². The SMILES string of the molecule is CC1(C)COCCN1C(=O)c1ccc2c(c1)NC(=O)CNC2=O. The number of benzene rings is 1. The zero-order valence-electron chi connectivity index (χ0n) is 13.1. The van der Waals surface area contributed by atoms with Crippen LogP contribution < -0.4 is 10.6 Å². The van der Waals surface area contributed by atoms with Crippen molar-refractivity contribution >= 4 is 23.4 Å². The summed E-state index contributed by atoms with van der Waals surface area (Å²) in [7, 11) is 0. The molecule has 0 unspecified atom stereocenters. The number of anilines is 1.